The Morgan fingerprint density at radius 2 is 2.33 bits per heavy atom. The number of piperidine rings is 1. The summed E-state index contributed by atoms with van der Waals surface area (Å²) in [5.74, 6) is 0.0295. The van der Waals surface area contributed by atoms with E-state index in [2.05, 4.69) is 28.9 Å². The Balaban J connectivity index is 2.14. The Labute approximate surface area is 125 Å². The van der Waals surface area contributed by atoms with Gasteiger partial charge < -0.3 is 14.9 Å². The Kier molecular flexibility index (Phi) is 4.96. The molecule has 1 saturated heterocycles. The number of likely N-dealkylation sites (tertiary alicyclic amines) is 1. The van der Waals surface area contributed by atoms with Crippen LogP contribution in [0.5, 0.6) is 0 Å². The molecule has 5 heteroatoms. The molecule has 2 heterocycles. The lowest BCUT2D eigenvalue weighted by Gasteiger charge is -2.37. The van der Waals surface area contributed by atoms with Crippen LogP contribution in [0.3, 0.4) is 0 Å². The van der Waals surface area contributed by atoms with Gasteiger partial charge in [0.25, 0.3) is 0 Å². The molecular weight excluding hydrogens is 266 g/mol. The van der Waals surface area contributed by atoms with Crippen molar-refractivity contribution >= 4 is 17.9 Å². The van der Waals surface area contributed by atoms with Crippen LogP contribution in [0.4, 0.5) is 5.82 Å². The molecule has 0 bridgehead atoms. The lowest BCUT2D eigenvalue weighted by Crippen LogP contribution is -2.45. The van der Waals surface area contributed by atoms with E-state index in [1.165, 1.54) is 12.8 Å². The Morgan fingerprint density at radius 1 is 1.57 bits per heavy atom. The summed E-state index contributed by atoms with van der Waals surface area (Å²) in [6, 6.07) is 2.46. The number of carbonyl (C=O) groups is 1. The number of hydrogen-bond acceptors (Lipinski definition) is 4. The Morgan fingerprint density at radius 3 is 2.95 bits per heavy atom. The van der Waals surface area contributed by atoms with Gasteiger partial charge in [0.05, 0.1) is 0 Å². The highest BCUT2D eigenvalue weighted by Gasteiger charge is 2.22. The van der Waals surface area contributed by atoms with Crippen molar-refractivity contribution in [3.63, 3.8) is 0 Å². The molecule has 0 spiro atoms. The van der Waals surface area contributed by atoms with Crippen LogP contribution in [0.25, 0.3) is 6.08 Å². The number of nitrogens with zero attached hydrogens (tertiary/aromatic N) is 3. The number of hydrogen-bond donors (Lipinski definition) is 1. The molecule has 1 aromatic heterocycles. The summed E-state index contributed by atoms with van der Waals surface area (Å²) in [6.07, 6.45) is 6.83. The second-order valence-electron chi connectivity index (χ2n) is 5.75. The van der Waals surface area contributed by atoms with Gasteiger partial charge in [0.15, 0.2) is 0 Å². The van der Waals surface area contributed by atoms with Crippen LogP contribution in [0.1, 0.15) is 24.0 Å². The van der Waals surface area contributed by atoms with E-state index in [0.717, 1.165) is 36.1 Å². The second-order valence-corrected chi connectivity index (χ2v) is 5.75. The third kappa shape index (κ3) is 4.04. The molecule has 21 heavy (non-hydrogen) atoms. The summed E-state index contributed by atoms with van der Waals surface area (Å²) in [5, 5.41) is 8.66. The lowest BCUT2D eigenvalue weighted by molar-refractivity contribution is -0.131. The van der Waals surface area contributed by atoms with Crippen molar-refractivity contribution < 1.29 is 9.90 Å². The van der Waals surface area contributed by atoms with Crippen LogP contribution >= 0.6 is 0 Å². The number of aliphatic carboxylic acids is 1. The summed E-state index contributed by atoms with van der Waals surface area (Å²) >= 11 is 0. The summed E-state index contributed by atoms with van der Waals surface area (Å²) in [4.78, 5) is 19.7. The van der Waals surface area contributed by atoms with E-state index in [1.807, 2.05) is 13.0 Å². The molecule has 0 aliphatic carbocycles. The summed E-state index contributed by atoms with van der Waals surface area (Å²) in [7, 11) is 4.24. The van der Waals surface area contributed by atoms with Gasteiger partial charge in [0.2, 0.25) is 0 Å². The van der Waals surface area contributed by atoms with Crippen molar-refractivity contribution in [2.24, 2.45) is 0 Å². The fraction of sp³-hybridized carbons (Fsp3) is 0.500. The van der Waals surface area contributed by atoms with Crippen molar-refractivity contribution in [2.45, 2.75) is 25.8 Å². The first kappa shape index (κ1) is 15.5. The molecule has 1 aliphatic heterocycles. The zero-order valence-electron chi connectivity index (χ0n) is 12.9. The van der Waals surface area contributed by atoms with Crippen molar-refractivity contribution in [2.75, 3.05) is 32.1 Å². The van der Waals surface area contributed by atoms with Gasteiger partial charge in [-0.2, -0.15) is 0 Å². The van der Waals surface area contributed by atoms with Crippen LogP contribution in [0.2, 0.25) is 0 Å². The minimum atomic E-state index is -0.945. The first-order chi connectivity index (χ1) is 9.97. The monoisotopic (exact) mass is 289 g/mol. The molecule has 2 rings (SSSR count). The summed E-state index contributed by atoms with van der Waals surface area (Å²) in [5.41, 5.74) is 1.88. The quantitative estimate of drug-likeness (QED) is 0.859. The third-order valence-electron chi connectivity index (χ3n) is 3.97. The zero-order valence-corrected chi connectivity index (χ0v) is 12.9. The van der Waals surface area contributed by atoms with Gasteiger partial charge >= 0.3 is 5.97 Å². The average molecular weight is 289 g/mol. The average Bonchev–Trinajstić information content (AvgIpc) is 2.44. The molecule has 5 nitrogen and oxygen atoms in total. The number of pyridine rings is 1. The number of aryl methyl sites for hydroxylation is 1. The highest BCUT2D eigenvalue weighted by atomic mass is 16.4. The molecule has 0 saturated carbocycles. The fourth-order valence-corrected chi connectivity index (χ4v) is 2.85. The van der Waals surface area contributed by atoms with Crippen LogP contribution < -0.4 is 4.90 Å². The molecule has 1 fully saturated rings. The van der Waals surface area contributed by atoms with Crippen molar-refractivity contribution in [1.29, 1.82) is 0 Å². The first-order valence-electron chi connectivity index (χ1n) is 7.26. The van der Waals surface area contributed by atoms with E-state index < -0.39 is 5.97 Å². The standard InChI is InChI=1S/C16H23N3O2/c1-12-9-13(6-7-15(20)21)10-17-16(12)19(3)14-5-4-8-18(2)11-14/h6-7,9-10,14H,4-5,8,11H2,1-3H3,(H,20,21)/b7-6+. The molecule has 1 aromatic rings. The highest BCUT2D eigenvalue weighted by Crippen LogP contribution is 2.23. The SMILES string of the molecule is Cc1cc(/C=C/C(=O)O)cnc1N(C)C1CCCN(C)C1. The van der Waals surface area contributed by atoms with Gasteiger partial charge in [-0.15, -0.1) is 0 Å². The minimum absolute atomic E-state index is 0.482. The zero-order chi connectivity index (χ0) is 15.4. The van der Waals surface area contributed by atoms with E-state index in [1.54, 1.807) is 12.3 Å². The smallest absolute Gasteiger partial charge is 0.328 e. The Hall–Kier alpha value is -1.88. The lowest BCUT2D eigenvalue weighted by atomic mass is 10.0. The van der Waals surface area contributed by atoms with Gasteiger partial charge in [-0.25, -0.2) is 9.78 Å². The molecular formula is C16H23N3O2. The molecule has 114 valence electrons. The van der Waals surface area contributed by atoms with Crippen LogP contribution in [-0.2, 0) is 4.79 Å². The van der Waals surface area contributed by atoms with Gasteiger partial charge in [-0.1, -0.05) is 0 Å². The molecule has 1 unspecified atom stereocenters. The normalized spacial score (nSPS) is 19.9. The maximum Gasteiger partial charge on any atom is 0.328 e. The van der Waals surface area contributed by atoms with Crippen molar-refractivity contribution in [1.82, 2.24) is 9.88 Å². The third-order valence-corrected chi connectivity index (χ3v) is 3.97. The second kappa shape index (κ2) is 6.72. The van der Waals surface area contributed by atoms with E-state index in [9.17, 15) is 4.79 Å². The van der Waals surface area contributed by atoms with Crippen LogP contribution in [0.15, 0.2) is 18.3 Å². The molecule has 0 aromatic carbocycles. The molecule has 1 atom stereocenters. The molecule has 1 N–H and O–H groups in total. The summed E-state index contributed by atoms with van der Waals surface area (Å²) in [6.45, 7) is 4.23. The molecule has 0 amide bonds. The Bertz CT molecular complexity index is 542. The number of carboxylic acids is 1. The number of rotatable bonds is 4. The van der Waals surface area contributed by atoms with Gasteiger partial charge in [-0.3, -0.25) is 0 Å². The molecule has 1 aliphatic rings. The maximum atomic E-state index is 10.5. The molecule has 0 radical (unpaired) electrons. The topological polar surface area (TPSA) is 56.7 Å². The van der Waals surface area contributed by atoms with Crippen LogP contribution in [0, 0.1) is 6.92 Å². The predicted molar refractivity (Wildman–Crippen MR) is 84.6 cm³/mol. The van der Waals surface area contributed by atoms with Crippen LogP contribution in [-0.4, -0.2) is 54.2 Å². The predicted octanol–water partition coefficient (Wildman–Crippen LogP) is 2.02. The van der Waals surface area contributed by atoms with Gasteiger partial charge in [-0.05, 0) is 56.6 Å². The van der Waals surface area contributed by atoms with Gasteiger partial charge in [0, 0.05) is 31.9 Å². The number of aromatic nitrogens is 1. The van der Waals surface area contributed by atoms with Crippen molar-refractivity contribution in [3.8, 4) is 0 Å². The minimum Gasteiger partial charge on any atom is -0.478 e. The number of carboxylic acid groups (broad SMARTS) is 1. The van der Waals surface area contributed by atoms with E-state index in [-0.39, 0.29) is 0 Å². The van der Waals surface area contributed by atoms with E-state index in [4.69, 9.17) is 5.11 Å². The first-order valence-corrected chi connectivity index (χ1v) is 7.26. The largest absolute Gasteiger partial charge is 0.478 e. The number of anilines is 1. The fourth-order valence-electron chi connectivity index (χ4n) is 2.85. The van der Waals surface area contributed by atoms with E-state index >= 15 is 0 Å². The van der Waals surface area contributed by atoms with Crippen molar-refractivity contribution in [3.05, 3.63) is 29.5 Å². The van der Waals surface area contributed by atoms with E-state index in [0.29, 0.717) is 6.04 Å². The highest BCUT2D eigenvalue weighted by molar-refractivity contribution is 5.85. The van der Waals surface area contributed by atoms with Gasteiger partial charge in [0.1, 0.15) is 5.82 Å². The number of likely N-dealkylation sites (N-methyl/N-ethyl adjacent to an activating group) is 2. The summed E-state index contributed by atoms with van der Waals surface area (Å²) < 4.78 is 0. The maximum absolute atomic E-state index is 10.5.